The van der Waals surface area contributed by atoms with E-state index in [0.717, 1.165) is 30.0 Å². The van der Waals surface area contributed by atoms with Gasteiger partial charge in [0.05, 0.1) is 44.2 Å². The summed E-state index contributed by atoms with van der Waals surface area (Å²) < 4.78 is 27.4. The monoisotopic (exact) mass is 561 g/mol. The Morgan fingerprint density at radius 1 is 0.775 bits per heavy atom. The predicted molar refractivity (Wildman–Crippen MR) is 150 cm³/mol. The van der Waals surface area contributed by atoms with Crippen LogP contribution >= 0.6 is 0 Å². The number of nitrogens with zero attached hydrogens (tertiary/aromatic N) is 3. The molecule has 3 aliphatic heterocycles. The molecule has 3 aromatic rings. The van der Waals surface area contributed by atoms with E-state index in [4.69, 9.17) is 0 Å². The van der Waals surface area contributed by atoms with Crippen LogP contribution in [0.1, 0.15) is 50.3 Å². The Hall–Kier alpha value is -3.60. The summed E-state index contributed by atoms with van der Waals surface area (Å²) in [5.74, 6) is -0.631. The molecule has 2 saturated heterocycles. The number of sulfonamides is 1. The third-order valence-electron chi connectivity index (χ3n) is 8.36. The number of imide groups is 1. The highest BCUT2D eigenvalue weighted by molar-refractivity contribution is 7.89. The molecule has 3 aliphatic rings. The van der Waals surface area contributed by atoms with Crippen molar-refractivity contribution in [3.63, 3.8) is 0 Å². The van der Waals surface area contributed by atoms with Gasteiger partial charge in [-0.05, 0) is 54.6 Å². The summed E-state index contributed by atoms with van der Waals surface area (Å²) in [6.45, 7) is 4.51. The Labute approximate surface area is 234 Å². The highest BCUT2D eigenvalue weighted by Crippen LogP contribution is 2.29. The van der Waals surface area contributed by atoms with Crippen molar-refractivity contribution in [3.8, 4) is 0 Å². The topological polar surface area (TPSA) is 99.5 Å². The molecule has 0 aromatic heterocycles. The second-order valence-electron chi connectivity index (χ2n) is 10.8. The van der Waals surface area contributed by atoms with Crippen LogP contribution in [0.5, 0.6) is 0 Å². The molecule has 0 atom stereocenters. The number of quaternary nitrogens is 1. The Morgan fingerprint density at radius 3 is 1.98 bits per heavy atom. The van der Waals surface area contributed by atoms with Crippen molar-refractivity contribution in [3.05, 3.63) is 77.4 Å². The molecule has 208 valence electrons. The lowest BCUT2D eigenvalue weighted by Crippen LogP contribution is -3.15. The molecule has 0 unspecified atom stereocenters. The second kappa shape index (κ2) is 10.8. The molecule has 2 fully saturated rings. The van der Waals surface area contributed by atoms with Gasteiger partial charge in [-0.25, -0.2) is 8.42 Å². The molecule has 0 radical (unpaired) electrons. The molecule has 1 N–H and O–H groups in total. The molecule has 3 amide bonds. The van der Waals surface area contributed by atoms with E-state index in [0.29, 0.717) is 69.0 Å². The number of piperazine rings is 1. The van der Waals surface area contributed by atoms with Gasteiger partial charge in [0.15, 0.2) is 0 Å². The summed E-state index contributed by atoms with van der Waals surface area (Å²) in [6, 6.07) is 17.3. The molecule has 6 rings (SSSR count). The number of carbonyl (C=O) groups is 3. The van der Waals surface area contributed by atoms with E-state index < -0.39 is 10.0 Å². The van der Waals surface area contributed by atoms with Crippen LogP contribution in [0.25, 0.3) is 10.8 Å². The van der Waals surface area contributed by atoms with Gasteiger partial charge in [0.25, 0.3) is 17.7 Å². The molecule has 10 heteroatoms. The lowest BCUT2D eigenvalue weighted by molar-refractivity contribution is -0.903. The van der Waals surface area contributed by atoms with Gasteiger partial charge in [-0.15, -0.1) is 0 Å². The van der Waals surface area contributed by atoms with Crippen LogP contribution in [0.2, 0.25) is 0 Å². The van der Waals surface area contributed by atoms with E-state index in [1.165, 1.54) is 26.2 Å². The van der Waals surface area contributed by atoms with Crippen LogP contribution in [-0.4, -0.2) is 92.6 Å². The zero-order valence-electron chi connectivity index (χ0n) is 22.3. The average Bonchev–Trinajstić information content (AvgIpc) is 3.00. The minimum absolute atomic E-state index is 0.118. The van der Waals surface area contributed by atoms with Crippen molar-refractivity contribution < 1.29 is 27.7 Å². The third kappa shape index (κ3) is 4.80. The fourth-order valence-electron chi connectivity index (χ4n) is 6.04. The Balaban J connectivity index is 1.04. The molecule has 0 bridgehead atoms. The highest BCUT2D eigenvalue weighted by Gasteiger charge is 2.34. The maximum atomic E-state index is 13.2. The van der Waals surface area contributed by atoms with Gasteiger partial charge >= 0.3 is 0 Å². The van der Waals surface area contributed by atoms with Gasteiger partial charge in [-0.1, -0.05) is 30.7 Å². The highest BCUT2D eigenvalue weighted by atomic mass is 32.2. The van der Waals surface area contributed by atoms with E-state index in [-0.39, 0.29) is 22.6 Å². The van der Waals surface area contributed by atoms with E-state index in [1.807, 2.05) is 24.3 Å². The number of nitrogens with one attached hydrogen (secondary N) is 1. The van der Waals surface area contributed by atoms with Crippen molar-refractivity contribution in [1.82, 2.24) is 14.1 Å². The summed E-state index contributed by atoms with van der Waals surface area (Å²) in [6.07, 6.45) is 2.80. The molecule has 0 aliphatic carbocycles. The first-order valence-electron chi connectivity index (χ1n) is 14.0. The summed E-state index contributed by atoms with van der Waals surface area (Å²) in [7, 11) is -3.53. The van der Waals surface area contributed by atoms with Crippen LogP contribution in [0.4, 0.5) is 0 Å². The minimum atomic E-state index is -3.53. The maximum absolute atomic E-state index is 13.2. The van der Waals surface area contributed by atoms with Crippen LogP contribution in [-0.2, 0) is 10.0 Å². The summed E-state index contributed by atoms with van der Waals surface area (Å²) in [5, 5.41) is 1.62. The van der Waals surface area contributed by atoms with Gasteiger partial charge in [0.2, 0.25) is 10.0 Å². The van der Waals surface area contributed by atoms with Gasteiger partial charge in [0.1, 0.15) is 0 Å². The molecule has 0 saturated carbocycles. The molecule has 40 heavy (non-hydrogen) atoms. The van der Waals surface area contributed by atoms with Gasteiger partial charge in [-0.2, -0.15) is 4.31 Å². The van der Waals surface area contributed by atoms with Crippen LogP contribution in [0.3, 0.4) is 0 Å². The first-order chi connectivity index (χ1) is 19.3. The quantitative estimate of drug-likeness (QED) is 0.462. The second-order valence-corrected chi connectivity index (χ2v) is 12.7. The number of carbonyl (C=O) groups excluding carboxylic acids is 3. The van der Waals surface area contributed by atoms with Gasteiger partial charge < -0.3 is 9.80 Å². The fourth-order valence-corrected chi connectivity index (χ4v) is 7.55. The molecular weight excluding hydrogens is 528 g/mol. The van der Waals surface area contributed by atoms with E-state index >= 15 is 0 Å². The minimum Gasteiger partial charge on any atom is -0.331 e. The normalized spacial score (nSPS) is 18.9. The zero-order chi connectivity index (χ0) is 27.9. The third-order valence-corrected chi connectivity index (χ3v) is 10.3. The first kappa shape index (κ1) is 26.6. The Morgan fingerprint density at radius 2 is 1.38 bits per heavy atom. The smallest absolute Gasteiger partial charge is 0.261 e. The Kier molecular flexibility index (Phi) is 7.16. The van der Waals surface area contributed by atoms with Crippen molar-refractivity contribution >= 4 is 38.5 Å². The standard InChI is InChI=1S/C30H32N4O5S/c35-28(23-10-12-24(13-11-23)40(38,39)33-14-2-1-3-15-33)32-19-16-31(17-20-32)18-21-34-29(36)25-8-4-6-22-7-5-9-26(27(22)25)30(34)37/h4-13H,1-3,14-21H2/p+1. The van der Waals surface area contributed by atoms with Crippen molar-refractivity contribution in [2.45, 2.75) is 24.2 Å². The molecule has 3 aromatic carbocycles. The van der Waals surface area contributed by atoms with Crippen molar-refractivity contribution in [2.24, 2.45) is 0 Å². The number of hydrogen-bond acceptors (Lipinski definition) is 5. The summed E-state index contributed by atoms with van der Waals surface area (Å²) >= 11 is 0. The Bertz CT molecular complexity index is 1520. The van der Waals surface area contributed by atoms with Crippen LogP contribution < -0.4 is 4.90 Å². The molecular formula is C30H33N4O5S+. The molecule has 0 spiro atoms. The fraction of sp³-hybridized carbons (Fsp3) is 0.367. The number of amides is 3. The number of rotatable bonds is 6. The van der Waals surface area contributed by atoms with Gasteiger partial charge in [-0.3, -0.25) is 19.3 Å². The lowest BCUT2D eigenvalue weighted by Gasteiger charge is -2.34. The summed E-state index contributed by atoms with van der Waals surface area (Å²) in [4.78, 5) is 44.0. The largest absolute Gasteiger partial charge is 0.331 e. The summed E-state index contributed by atoms with van der Waals surface area (Å²) in [5.41, 5.74) is 1.60. The molecule has 3 heterocycles. The SMILES string of the molecule is O=C(c1ccc(S(=O)(=O)N2CCCCC2)cc1)N1CC[NH+](CCN2C(=O)c3cccc4cccc(c34)C2=O)CC1. The maximum Gasteiger partial charge on any atom is 0.261 e. The van der Waals surface area contributed by atoms with Crippen molar-refractivity contribution in [1.29, 1.82) is 0 Å². The van der Waals surface area contributed by atoms with Gasteiger partial charge in [0, 0.05) is 35.2 Å². The number of hydrogen-bond donors (Lipinski definition) is 1. The number of piperidine rings is 1. The van der Waals surface area contributed by atoms with Crippen LogP contribution in [0, 0.1) is 0 Å². The lowest BCUT2D eigenvalue weighted by atomic mass is 9.94. The van der Waals surface area contributed by atoms with E-state index in [1.54, 1.807) is 29.2 Å². The average molecular weight is 562 g/mol. The molecule has 9 nitrogen and oxygen atoms in total. The predicted octanol–water partition coefficient (Wildman–Crippen LogP) is 1.65. The van der Waals surface area contributed by atoms with E-state index in [9.17, 15) is 22.8 Å². The zero-order valence-corrected chi connectivity index (χ0v) is 23.2. The van der Waals surface area contributed by atoms with Crippen LogP contribution in [0.15, 0.2) is 65.6 Å². The number of benzene rings is 3. The van der Waals surface area contributed by atoms with Crippen molar-refractivity contribution in [2.75, 3.05) is 52.4 Å². The van der Waals surface area contributed by atoms with E-state index in [2.05, 4.69) is 0 Å². The first-order valence-corrected chi connectivity index (χ1v) is 15.4.